The molecule has 1 aromatic rings. The summed E-state index contributed by atoms with van der Waals surface area (Å²) in [6, 6.07) is 7.20. The lowest BCUT2D eigenvalue weighted by Crippen LogP contribution is -2.55. The highest BCUT2D eigenvalue weighted by Gasteiger charge is 2.29. The van der Waals surface area contributed by atoms with Crippen molar-refractivity contribution in [3.05, 3.63) is 29.8 Å². The van der Waals surface area contributed by atoms with E-state index >= 15 is 0 Å². The molecule has 1 fully saturated rings. The van der Waals surface area contributed by atoms with Crippen molar-refractivity contribution in [2.75, 3.05) is 32.8 Å². The average Bonchev–Trinajstić information content (AvgIpc) is 2.54. The molecule has 6 heteroatoms. The van der Waals surface area contributed by atoms with Crippen molar-refractivity contribution in [3.8, 4) is 0 Å². The van der Waals surface area contributed by atoms with E-state index in [-0.39, 0.29) is 5.54 Å². The van der Waals surface area contributed by atoms with Gasteiger partial charge in [-0.2, -0.15) is 0 Å². The lowest BCUT2D eigenvalue weighted by Gasteiger charge is -2.40. The summed E-state index contributed by atoms with van der Waals surface area (Å²) in [5.41, 5.74) is 0.923. The Morgan fingerprint density at radius 2 is 1.75 bits per heavy atom. The maximum Gasteiger partial charge on any atom is 0.240 e. The van der Waals surface area contributed by atoms with Crippen molar-refractivity contribution in [3.63, 3.8) is 0 Å². The van der Waals surface area contributed by atoms with Gasteiger partial charge in [0.05, 0.1) is 18.1 Å². The van der Waals surface area contributed by atoms with Crippen molar-refractivity contribution in [1.29, 1.82) is 0 Å². The Labute approximate surface area is 146 Å². The van der Waals surface area contributed by atoms with Gasteiger partial charge in [-0.3, -0.25) is 4.90 Å². The van der Waals surface area contributed by atoms with Crippen LogP contribution < -0.4 is 4.72 Å². The second-order valence-electron chi connectivity index (χ2n) is 7.48. The van der Waals surface area contributed by atoms with Crippen LogP contribution in [0.15, 0.2) is 29.2 Å². The summed E-state index contributed by atoms with van der Waals surface area (Å²) in [6.45, 7) is 11.9. The van der Waals surface area contributed by atoms with Crippen LogP contribution in [0.25, 0.3) is 0 Å². The molecule has 1 saturated heterocycles. The Kier molecular flexibility index (Phi) is 6.42. The van der Waals surface area contributed by atoms with Gasteiger partial charge in [0.2, 0.25) is 10.0 Å². The van der Waals surface area contributed by atoms with Crippen molar-refractivity contribution < 1.29 is 13.2 Å². The minimum absolute atomic E-state index is 0.242. The zero-order chi connectivity index (χ0) is 17.8. The van der Waals surface area contributed by atoms with E-state index < -0.39 is 10.0 Å². The maximum absolute atomic E-state index is 12.5. The first kappa shape index (κ1) is 19.4. The van der Waals surface area contributed by atoms with Gasteiger partial charge >= 0.3 is 0 Å². The summed E-state index contributed by atoms with van der Waals surface area (Å²) in [5, 5.41) is 0. The van der Waals surface area contributed by atoms with Crippen molar-refractivity contribution >= 4 is 10.0 Å². The molecule has 0 unspecified atom stereocenters. The first-order valence-electron chi connectivity index (χ1n) is 8.62. The van der Waals surface area contributed by atoms with Crippen LogP contribution in [0.3, 0.4) is 0 Å². The summed E-state index contributed by atoms with van der Waals surface area (Å²) in [5.74, 6) is 0.555. The monoisotopic (exact) mass is 354 g/mol. The summed E-state index contributed by atoms with van der Waals surface area (Å²) in [7, 11) is -3.49. The van der Waals surface area contributed by atoms with E-state index in [4.69, 9.17) is 4.74 Å². The smallest absolute Gasteiger partial charge is 0.240 e. The van der Waals surface area contributed by atoms with Crippen molar-refractivity contribution in [2.45, 2.75) is 44.6 Å². The molecule has 5 nitrogen and oxygen atoms in total. The number of ether oxygens (including phenoxy) is 1. The topological polar surface area (TPSA) is 58.6 Å². The molecule has 0 saturated carbocycles. The highest BCUT2D eigenvalue weighted by molar-refractivity contribution is 7.89. The Balaban J connectivity index is 1.99. The highest BCUT2D eigenvalue weighted by Crippen LogP contribution is 2.18. The largest absolute Gasteiger partial charge is 0.379 e. The molecule has 1 aliphatic heterocycles. The molecule has 1 heterocycles. The van der Waals surface area contributed by atoms with Crippen LogP contribution in [0.5, 0.6) is 0 Å². The zero-order valence-electron chi connectivity index (χ0n) is 15.2. The molecule has 0 radical (unpaired) electrons. The quantitative estimate of drug-likeness (QED) is 0.816. The fourth-order valence-corrected chi connectivity index (χ4v) is 4.12. The Morgan fingerprint density at radius 3 is 2.29 bits per heavy atom. The fraction of sp³-hybridized carbons (Fsp3) is 0.667. The number of benzene rings is 1. The molecule has 0 spiro atoms. The van der Waals surface area contributed by atoms with Gasteiger partial charge in [0.25, 0.3) is 0 Å². The van der Waals surface area contributed by atoms with Crippen LogP contribution in [0, 0.1) is 5.92 Å². The second-order valence-corrected chi connectivity index (χ2v) is 9.25. The van der Waals surface area contributed by atoms with Crippen LogP contribution in [0.2, 0.25) is 0 Å². The number of morpholine rings is 1. The first-order chi connectivity index (χ1) is 11.2. The lowest BCUT2D eigenvalue weighted by molar-refractivity contribution is -0.00803. The summed E-state index contributed by atoms with van der Waals surface area (Å²) >= 11 is 0. The van der Waals surface area contributed by atoms with E-state index in [0.29, 0.717) is 30.6 Å². The van der Waals surface area contributed by atoms with Gasteiger partial charge in [-0.25, -0.2) is 13.1 Å². The van der Waals surface area contributed by atoms with Gasteiger partial charge in [-0.05, 0) is 43.9 Å². The van der Waals surface area contributed by atoms with E-state index in [1.807, 2.05) is 12.1 Å². The average molecular weight is 355 g/mol. The van der Waals surface area contributed by atoms with Gasteiger partial charge in [0.1, 0.15) is 0 Å². The standard InChI is InChI=1S/C18H30N2O3S/c1-15(2)13-16-5-7-17(8-6-16)24(21,22)19-14-18(3,4)20-9-11-23-12-10-20/h5-8,15,19H,9-14H2,1-4H3. The first-order valence-corrected chi connectivity index (χ1v) is 10.1. The minimum Gasteiger partial charge on any atom is -0.379 e. The van der Waals surface area contributed by atoms with Crippen LogP contribution in [-0.4, -0.2) is 51.7 Å². The number of rotatable bonds is 7. The Bertz CT molecular complexity index is 618. The number of sulfonamides is 1. The van der Waals surface area contributed by atoms with Gasteiger partial charge < -0.3 is 4.74 Å². The molecular formula is C18H30N2O3S. The molecule has 0 atom stereocenters. The third-order valence-corrected chi connectivity index (χ3v) is 5.86. The third-order valence-electron chi connectivity index (χ3n) is 4.44. The molecule has 2 rings (SSSR count). The molecule has 1 aromatic carbocycles. The Morgan fingerprint density at radius 1 is 1.17 bits per heavy atom. The van der Waals surface area contributed by atoms with Gasteiger partial charge in [0, 0.05) is 25.2 Å². The highest BCUT2D eigenvalue weighted by atomic mass is 32.2. The van der Waals surface area contributed by atoms with E-state index in [1.54, 1.807) is 12.1 Å². The van der Waals surface area contributed by atoms with E-state index in [1.165, 1.54) is 0 Å². The van der Waals surface area contributed by atoms with E-state index in [9.17, 15) is 8.42 Å². The number of nitrogens with one attached hydrogen (secondary N) is 1. The number of hydrogen-bond acceptors (Lipinski definition) is 4. The molecule has 0 amide bonds. The van der Waals surface area contributed by atoms with Crippen LogP contribution in [0.4, 0.5) is 0 Å². The molecule has 0 aromatic heterocycles. The number of hydrogen-bond donors (Lipinski definition) is 1. The molecule has 24 heavy (non-hydrogen) atoms. The summed E-state index contributed by atoms with van der Waals surface area (Å²) in [6.07, 6.45) is 0.956. The van der Waals surface area contributed by atoms with Crippen LogP contribution in [0.1, 0.15) is 33.3 Å². The van der Waals surface area contributed by atoms with Crippen molar-refractivity contribution in [2.24, 2.45) is 5.92 Å². The lowest BCUT2D eigenvalue weighted by atomic mass is 10.0. The molecular weight excluding hydrogens is 324 g/mol. The third kappa shape index (κ3) is 5.28. The van der Waals surface area contributed by atoms with E-state index in [0.717, 1.165) is 25.1 Å². The Hall–Kier alpha value is -0.950. The minimum atomic E-state index is -3.49. The molecule has 136 valence electrons. The molecule has 1 N–H and O–H groups in total. The van der Waals surface area contributed by atoms with Crippen LogP contribution >= 0.6 is 0 Å². The maximum atomic E-state index is 12.5. The van der Waals surface area contributed by atoms with Crippen LogP contribution in [-0.2, 0) is 21.2 Å². The zero-order valence-corrected chi connectivity index (χ0v) is 16.0. The van der Waals surface area contributed by atoms with E-state index in [2.05, 4.69) is 37.3 Å². The fourth-order valence-electron chi connectivity index (χ4n) is 2.91. The normalized spacial score (nSPS) is 17.4. The predicted octanol–water partition coefficient (Wildman–Crippen LogP) is 2.27. The van der Waals surface area contributed by atoms with Gasteiger partial charge in [-0.15, -0.1) is 0 Å². The number of nitrogens with zero attached hydrogens (tertiary/aromatic N) is 1. The van der Waals surface area contributed by atoms with Gasteiger partial charge in [0.15, 0.2) is 0 Å². The van der Waals surface area contributed by atoms with Crippen molar-refractivity contribution in [1.82, 2.24) is 9.62 Å². The molecule has 0 bridgehead atoms. The SMILES string of the molecule is CC(C)Cc1ccc(S(=O)(=O)NCC(C)(C)N2CCOCC2)cc1. The molecule has 0 aliphatic carbocycles. The second kappa shape index (κ2) is 7.95. The predicted molar refractivity (Wildman–Crippen MR) is 96.6 cm³/mol. The molecule has 1 aliphatic rings. The summed E-state index contributed by atoms with van der Waals surface area (Å²) < 4.78 is 33.2. The van der Waals surface area contributed by atoms with Gasteiger partial charge in [-0.1, -0.05) is 26.0 Å². The summed E-state index contributed by atoms with van der Waals surface area (Å²) in [4.78, 5) is 2.60.